The van der Waals surface area contributed by atoms with Crippen molar-refractivity contribution in [2.75, 3.05) is 12.4 Å². The summed E-state index contributed by atoms with van der Waals surface area (Å²) >= 11 is 1.44. The van der Waals surface area contributed by atoms with E-state index in [4.69, 9.17) is 9.15 Å². The smallest absolute Gasteiger partial charge is 0.268 e. The van der Waals surface area contributed by atoms with Crippen LogP contribution in [-0.2, 0) is 17.9 Å². The average Bonchev–Trinajstić information content (AvgIpc) is 3.25. The van der Waals surface area contributed by atoms with Gasteiger partial charge in [0, 0.05) is 18.2 Å². The Bertz CT molecular complexity index is 949. The highest BCUT2D eigenvalue weighted by atomic mass is 32.1. The van der Waals surface area contributed by atoms with Crippen LogP contribution in [0.2, 0.25) is 0 Å². The van der Waals surface area contributed by atoms with Crippen molar-refractivity contribution >= 4 is 33.1 Å². The minimum atomic E-state index is -0.0883. The van der Waals surface area contributed by atoms with Crippen molar-refractivity contribution in [3.05, 3.63) is 46.4 Å². The second kappa shape index (κ2) is 6.74. The van der Waals surface area contributed by atoms with Gasteiger partial charge in [-0.3, -0.25) is 4.79 Å². The van der Waals surface area contributed by atoms with Gasteiger partial charge in [-0.1, -0.05) is 6.92 Å². The number of aryl methyl sites for hydroxylation is 1. The number of thiophene rings is 1. The fourth-order valence-corrected chi connectivity index (χ4v) is 4.65. The number of amides is 1. The van der Waals surface area contributed by atoms with Crippen molar-refractivity contribution in [1.29, 1.82) is 0 Å². The lowest BCUT2D eigenvalue weighted by atomic mass is 10.1. The molecule has 1 N–H and O–H groups in total. The monoisotopic (exact) mass is 371 g/mol. The van der Waals surface area contributed by atoms with Gasteiger partial charge in [0.05, 0.1) is 25.1 Å². The number of hydrogen-bond acceptors (Lipinski definition) is 6. The topological polar surface area (TPSA) is 67.6 Å². The second-order valence-corrected chi connectivity index (χ2v) is 7.42. The minimum absolute atomic E-state index is 0.0195. The molecule has 0 saturated carbocycles. The first kappa shape index (κ1) is 17.1. The van der Waals surface area contributed by atoms with Crippen LogP contribution in [0.15, 0.2) is 28.9 Å². The number of anilines is 1. The van der Waals surface area contributed by atoms with Crippen molar-refractivity contribution in [3.63, 3.8) is 0 Å². The molecule has 0 aliphatic carbocycles. The van der Waals surface area contributed by atoms with E-state index in [1.807, 2.05) is 30.0 Å². The van der Waals surface area contributed by atoms with Gasteiger partial charge in [-0.25, -0.2) is 4.98 Å². The van der Waals surface area contributed by atoms with Crippen LogP contribution in [0, 0.1) is 6.92 Å². The third-order valence-electron chi connectivity index (χ3n) is 4.61. The largest absolute Gasteiger partial charge is 0.467 e. The number of pyridine rings is 1. The highest BCUT2D eigenvalue weighted by Crippen LogP contribution is 2.42. The van der Waals surface area contributed by atoms with E-state index < -0.39 is 0 Å². The highest BCUT2D eigenvalue weighted by Gasteiger charge is 2.35. The molecule has 1 amide bonds. The number of hydrogen-bond donors (Lipinski definition) is 1. The van der Waals surface area contributed by atoms with E-state index in [9.17, 15) is 4.79 Å². The first-order valence-electron chi connectivity index (χ1n) is 8.64. The Morgan fingerprint density at radius 3 is 3.00 bits per heavy atom. The Morgan fingerprint density at radius 2 is 2.31 bits per heavy atom. The molecule has 1 aliphatic heterocycles. The van der Waals surface area contributed by atoms with Crippen LogP contribution < -0.4 is 5.32 Å². The molecule has 4 heterocycles. The Hall–Kier alpha value is -2.38. The second-order valence-electron chi connectivity index (χ2n) is 6.42. The Morgan fingerprint density at radius 1 is 1.46 bits per heavy atom. The first-order chi connectivity index (χ1) is 12.6. The minimum Gasteiger partial charge on any atom is -0.467 e. The van der Waals surface area contributed by atoms with Gasteiger partial charge in [0.2, 0.25) is 0 Å². The summed E-state index contributed by atoms with van der Waals surface area (Å²) in [5.41, 5.74) is 2.87. The molecule has 0 radical (unpaired) electrons. The molecular weight excluding hydrogens is 350 g/mol. The standard InChI is InChI=1S/C19H21N3O3S/c1-4-14-21-16-15-12(10-24-3)8-11(2)20-18(15)26-17(16)19(23)22(14)9-13-6-5-7-25-13/h5-8,14,21H,4,9-10H2,1-3H3/t14-/m1/s1. The molecule has 0 saturated heterocycles. The van der Waals surface area contributed by atoms with E-state index in [0.29, 0.717) is 18.0 Å². The zero-order valence-electron chi connectivity index (χ0n) is 15.0. The van der Waals surface area contributed by atoms with Crippen LogP contribution in [-0.4, -0.2) is 29.1 Å². The van der Waals surface area contributed by atoms with Gasteiger partial charge in [-0.2, -0.15) is 0 Å². The van der Waals surface area contributed by atoms with Crippen LogP contribution in [0.3, 0.4) is 0 Å². The summed E-state index contributed by atoms with van der Waals surface area (Å²) < 4.78 is 10.8. The van der Waals surface area contributed by atoms with Crippen molar-refractivity contribution in [1.82, 2.24) is 9.88 Å². The summed E-state index contributed by atoms with van der Waals surface area (Å²) in [5, 5.41) is 4.56. The van der Waals surface area contributed by atoms with Crippen molar-refractivity contribution in [2.45, 2.75) is 39.6 Å². The van der Waals surface area contributed by atoms with Gasteiger partial charge in [0.15, 0.2) is 0 Å². The summed E-state index contributed by atoms with van der Waals surface area (Å²) in [7, 11) is 1.68. The van der Waals surface area contributed by atoms with Gasteiger partial charge in [0.25, 0.3) is 5.91 Å². The van der Waals surface area contributed by atoms with Crippen LogP contribution >= 0.6 is 11.3 Å². The summed E-state index contributed by atoms with van der Waals surface area (Å²) in [6.45, 7) is 4.97. The third kappa shape index (κ3) is 2.77. The maximum atomic E-state index is 13.2. The summed E-state index contributed by atoms with van der Waals surface area (Å²) in [6, 6.07) is 5.76. The van der Waals surface area contributed by atoms with Crippen LogP contribution in [0.1, 0.15) is 40.0 Å². The van der Waals surface area contributed by atoms with E-state index in [2.05, 4.69) is 17.2 Å². The number of rotatable bonds is 5. The molecule has 0 aromatic carbocycles. The molecule has 26 heavy (non-hydrogen) atoms. The first-order valence-corrected chi connectivity index (χ1v) is 9.45. The lowest BCUT2D eigenvalue weighted by molar-refractivity contribution is 0.0655. The Balaban J connectivity index is 1.81. The number of aromatic nitrogens is 1. The van der Waals surface area contributed by atoms with Crippen LogP contribution in [0.4, 0.5) is 5.69 Å². The van der Waals surface area contributed by atoms with E-state index in [1.54, 1.807) is 13.4 Å². The molecule has 7 heteroatoms. The lowest BCUT2D eigenvalue weighted by Crippen LogP contribution is -2.47. The van der Waals surface area contributed by atoms with Crippen LogP contribution in [0.25, 0.3) is 10.2 Å². The fourth-order valence-electron chi connectivity index (χ4n) is 3.46. The molecule has 1 aliphatic rings. The molecule has 6 nitrogen and oxygen atoms in total. The summed E-state index contributed by atoms with van der Waals surface area (Å²) in [6.07, 6.45) is 2.34. The maximum Gasteiger partial charge on any atom is 0.268 e. The average molecular weight is 371 g/mol. The molecule has 3 aromatic rings. The molecule has 3 aromatic heterocycles. The number of nitrogens with zero attached hydrogens (tertiary/aromatic N) is 2. The molecule has 0 unspecified atom stereocenters. The Kier molecular flexibility index (Phi) is 4.42. The lowest BCUT2D eigenvalue weighted by Gasteiger charge is -2.35. The van der Waals surface area contributed by atoms with Crippen molar-refractivity contribution in [3.8, 4) is 0 Å². The van der Waals surface area contributed by atoms with Crippen LogP contribution in [0.5, 0.6) is 0 Å². The van der Waals surface area contributed by atoms with Gasteiger partial charge >= 0.3 is 0 Å². The molecule has 0 fully saturated rings. The molecule has 1 atom stereocenters. The number of carbonyl (C=O) groups excluding carboxylic acids is 1. The number of fused-ring (bicyclic) bond motifs is 3. The van der Waals surface area contributed by atoms with E-state index in [0.717, 1.165) is 39.3 Å². The predicted molar refractivity (Wildman–Crippen MR) is 101 cm³/mol. The zero-order valence-corrected chi connectivity index (χ0v) is 15.9. The quantitative estimate of drug-likeness (QED) is 0.730. The van der Waals surface area contributed by atoms with Gasteiger partial charge in [-0.05, 0) is 37.1 Å². The normalized spacial score (nSPS) is 16.8. The van der Waals surface area contributed by atoms with Gasteiger partial charge in [-0.15, -0.1) is 11.3 Å². The number of nitrogens with one attached hydrogen (secondary N) is 1. The SMILES string of the molecule is CC[C@@H]1Nc2c(sc3nc(C)cc(COC)c23)C(=O)N1Cc1ccco1. The number of methoxy groups -OCH3 is 1. The Labute approximate surface area is 155 Å². The fraction of sp³-hybridized carbons (Fsp3) is 0.368. The van der Waals surface area contributed by atoms with Crippen molar-refractivity contribution in [2.24, 2.45) is 0 Å². The number of furan rings is 1. The third-order valence-corrected chi connectivity index (χ3v) is 5.68. The van der Waals surface area contributed by atoms with E-state index >= 15 is 0 Å². The molecule has 4 rings (SSSR count). The van der Waals surface area contributed by atoms with E-state index in [1.165, 1.54) is 11.3 Å². The molecule has 0 bridgehead atoms. The number of carbonyl (C=O) groups is 1. The molecule has 0 spiro atoms. The molecule has 136 valence electrons. The summed E-state index contributed by atoms with van der Waals surface area (Å²) in [4.78, 5) is 21.3. The van der Waals surface area contributed by atoms with Crippen molar-refractivity contribution < 1.29 is 13.9 Å². The van der Waals surface area contributed by atoms with Gasteiger partial charge < -0.3 is 19.4 Å². The zero-order chi connectivity index (χ0) is 18.3. The summed E-state index contributed by atoms with van der Waals surface area (Å²) in [5.74, 6) is 0.795. The predicted octanol–water partition coefficient (Wildman–Crippen LogP) is 4.15. The highest BCUT2D eigenvalue weighted by molar-refractivity contribution is 7.21. The van der Waals surface area contributed by atoms with Gasteiger partial charge in [0.1, 0.15) is 21.6 Å². The number of ether oxygens (including phenoxy) is 1. The maximum absolute atomic E-state index is 13.2. The molecular formula is C19H21N3O3S. The van der Waals surface area contributed by atoms with E-state index in [-0.39, 0.29) is 12.1 Å².